The van der Waals surface area contributed by atoms with E-state index in [0.717, 1.165) is 5.56 Å². The Morgan fingerprint density at radius 2 is 1.86 bits per heavy atom. The molecular formula is C30H41N3O8S. The first kappa shape index (κ1) is 31.9. The molecule has 2 aliphatic heterocycles. The summed E-state index contributed by atoms with van der Waals surface area (Å²) in [6.07, 6.45) is -2.16. The molecule has 0 aliphatic carbocycles. The van der Waals surface area contributed by atoms with Crippen LogP contribution in [0.4, 0.5) is 4.79 Å². The van der Waals surface area contributed by atoms with Gasteiger partial charge in [0.15, 0.2) is 6.29 Å². The number of amides is 1. The molecule has 42 heavy (non-hydrogen) atoms. The van der Waals surface area contributed by atoms with Gasteiger partial charge in [-0.3, -0.25) is 5.32 Å². The number of aliphatic hydroxyl groups excluding tert-OH is 1. The van der Waals surface area contributed by atoms with Crippen LogP contribution in [0.1, 0.15) is 37.8 Å². The third-order valence-electron chi connectivity index (χ3n) is 7.96. The highest BCUT2D eigenvalue weighted by Crippen LogP contribution is 2.35. The van der Waals surface area contributed by atoms with Crippen LogP contribution in [-0.2, 0) is 36.5 Å². The number of carbonyl (C=O) groups excluding carboxylic acids is 1. The van der Waals surface area contributed by atoms with E-state index >= 15 is 0 Å². The summed E-state index contributed by atoms with van der Waals surface area (Å²) in [6.45, 7) is 5.23. The molecule has 0 radical (unpaired) electrons. The highest BCUT2D eigenvalue weighted by Gasteiger charge is 2.48. The predicted octanol–water partition coefficient (Wildman–Crippen LogP) is 1.96. The Morgan fingerprint density at radius 3 is 2.50 bits per heavy atom. The van der Waals surface area contributed by atoms with Crippen molar-refractivity contribution in [1.29, 1.82) is 0 Å². The smallest absolute Gasteiger partial charge is 0.408 e. The third kappa shape index (κ3) is 7.49. The fraction of sp³-hybridized carbons (Fsp3) is 0.533. The predicted molar refractivity (Wildman–Crippen MR) is 157 cm³/mol. The zero-order valence-electron chi connectivity index (χ0n) is 24.2. The monoisotopic (exact) mass is 603 g/mol. The summed E-state index contributed by atoms with van der Waals surface area (Å²) >= 11 is 0. The molecule has 2 heterocycles. The van der Waals surface area contributed by atoms with Gasteiger partial charge in [-0.05, 0) is 48.1 Å². The fourth-order valence-corrected chi connectivity index (χ4v) is 6.09. The summed E-state index contributed by atoms with van der Waals surface area (Å²) in [6, 6.07) is 15.9. The summed E-state index contributed by atoms with van der Waals surface area (Å²) in [4.78, 5) is 13.3. The van der Waals surface area contributed by atoms with Gasteiger partial charge < -0.3 is 35.1 Å². The molecule has 0 aromatic heterocycles. The van der Waals surface area contributed by atoms with Crippen molar-refractivity contribution < 1.29 is 37.3 Å². The molecule has 3 unspecified atom stereocenters. The van der Waals surface area contributed by atoms with E-state index in [4.69, 9.17) is 24.7 Å². The molecule has 2 aromatic rings. The molecule has 4 rings (SSSR count). The number of carbonyl (C=O) groups is 1. The summed E-state index contributed by atoms with van der Waals surface area (Å²) in [5.74, 6) is 0.450. The first-order valence-electron chi connectivity index (χ1n) is 14.1. The Bertz CT molecular complexity index is 1330. The van der Waals surface area contributed by atoms with Crippen LogP contribution in [0.15, 0.2) is 54.6 Å². The van der Waals surface area contributed by atoms with Crippen LogP contribution in [-0.4, -0.2) is 76.5 Å². The molecule has 5 atom stereocenters. The number of rotatable bonds is 12. The number of fused-ring (bicyclic) bond motifs is 1. The normalized spacial score (nSPS) is 22.1. The lowest BCUT2D eigenvalue weighted by atomic mass is 9.78. The molecule has 2 fully saturated rings. The van der Waals surface area contributed by atoms with Crippen molar-refractivity contribution in [2.24, 2.45) is 17.1 Å². The molecule has 2 saturated heterocycles. The number of alkyl carbamates (subject to hydrolysis) is 1. The van der Waals surface area contributed by atoms with Gasteiger partial charge in [0, 0.05) is 13.0 Å². The Hall–Kier alpha value is -3.00. The van der Waals surface area contributed by atoms with Gasteiger partial charge in [-0.15, -0.1) is 0 Å². The lowest BCUT2D eigenvalue weighted by molar-refractivity contribution is -0.0907. The third-order valence-corrected chi connectivity index (χ3v) is 8.68. The fourth-order valence-electron chi connectivity index (χ4n) is 5.52. The van der Waals surface area contributed by atoms with E-state index in [1.54, 1.807) is 24.3 Å². The summed E-state index contributed by atoms with van der Waals surface area (Å²) in [7, 11) is -1.33. The first-order valence-corrected chi connectivity index (χ1v) is 15.1. The van der Waals surface area contributed by atoms with Crippen LogP contribution in [0.5, 0.6) is 5.75 Å². The number of benzene rings is 2. The minimum absolute atomic E-state index is 0.0430. The molecule has 2 aliphatic rings. The quantitative estimate of drug-likeness (QED) is 0.264. The highest BCUT2D eigenvalue weighted by atomic mass is 32.2. The molecule has 0 saturated carbocycles. The van der Waals surface area contributed by atoms with Gasteiger partial charge in [-0.25, -0.2) is 4.79 Å². The van der Waals surface area contributed by atoms with E-state index < -0.39 is 40.4 Å². The Labute approximate surface area is 248 Å². The van der Waals surface area contributed by atoms with Crippen LogP contribution in [0, 0.1) is 11.3 Å². The Morgan fingerprint density at radius 1 is 1.14 bits per heavy atom. The largest absolute Gasteiger partial charge is 0.497 e. The number of nitrogens with one attached hydrogen (secondary N) is 2. The second kappa shape index (κ2) is 14.0. The SMILES string of the molecule is COc1ccc([C@](Cc2ccccc2)(NC(=O)OC2COC3OCCC23)[C@@H](O)C(NCC(C)(C)CCN)=S(=O)=O)cc1. The molecular weight excluding hydrogens is 562 g/mol. The average molecular weight is 604 g/mol. The highest BCUT2D eigenvalue weighted by molar-refractivity contribution is 7.73. The van der Waals surface area contributed by atoms with Gasteiger partial charge in [0.25, 0.3) is 0 Å². The zero-order chi connectivity index (χ0) is 30.3. The minimum atomic E-state index is -2.86. The molecule has 0 bridgehead atoms. The standard InChI is InChI=1S/C30H41N3O8S/c1-29(2,14-15-31)19-32-26(42(36)37)25(34)30(17-20-7-5-4-6-8-20,21-9-11-22(38-3)12-10-21)33-28(35)41-24-18-40-27-23(24)13-16-39-27/h4-12,23-25,27,32,34H,13-19,31H2,1-3H3,(H,33,35)/t23?,24?,25-,27?,30-/m0/s1. The molecule has 11 nitrogen and oxygen atoms in total. The van der Waals surface area contributed by atoms with E-state index in [1.165, 1.54) is 7.11 Å². The van der Waals surface area contributed by atoms with Crippen molar-refractivity contribution in [1.82, 2.24) is 10.6 Å². The van der Waals surface area contributed by atoms with E-state index in [9.17, 15) is 18.3 Å². The second-order valence-electron chi connectivity index (χ2n) is 11.5. The second-order valence-corrected chi connectivity index (χ2v) is 12.4. The number of hydrogen-bond acceptors (Lipinski definition) is 9. The van der Waals surface area contributed by atoms with Gasteiger partial charge in [0.2, 0.25) is 10.3 Å². The lowest BCUT2D eigenvalue weighted by Crippen LogP contribution is -2.61. The maximum absolute atomic E-state index is 13.6. The summed E-state index contributed by atoms with van der Waals surface area (Å²) in [5.41, 5.74) is 4.92. The van der Waals surface area contributed by atoms with Crippen molar-refractivity contribution in [3.8, 4) is 5.75 Å². The minimum Gasteiger partial charge on any atom is -0.497 e. The number of nitrogens with two attached hydrogens (primary N) is 1. The van der Waals surface area contributed by atoms with E-state index in [1.807, 2.05) is 44.2 Å². The zero-order valence-corrected chi connectivity index (χ0v) is 25.1. The van der Waals surface area contributed by atoms with Crippen molar-refractivity contribution in [3.63, 3.8) is 0 Å². The van der Waals surface area contributed by atoms with E-state index in [-0.39, 0.29) is 35.9 Å². The maximum Gasteiger partial charge on any atom is 0.408 e. The maximum atomic E-state index is 13.6. The van der Waals surface area contributed by atoms with Crippen molar-refractivity contribution in [2.45, 2.75) is 57.1 Å². The molecule has 12 heteroatoms. The average Bonchev–Trinajstić information content (AvgIpc) is 3.58. The molecule has 230 valence electrons. The van der Waals surface area contributed by atoms with Gasteiger partial charge in [-0.1, -0.05) is 56.3 Å². The van der Waals surface area contributed by atoms with Crippen molar-refractivity contribution in [3.05, 3.63) is 65.7 Å². The number of hydrogen-bond donors (Lipinski definition) is 4. The number of ether oxygens (including phenoxy) is 4. The van der Waals surface area contributed by atoms with Crippen molar-refractivity contribution >= 4 is 21.4 Å². The van der Waals surface area contributed by atoms with Crippen LogP contribution in [0.25, 0.3) is 0 Å². The first-order chi connectivity index (χ1) is 20.1. The topological polar surface area (TPSA) is 158 Å². The van der Waals surface area contributed by atoms with Crippen molar-refractivity contribution in [2.75, 3.05) is 33.4 Å². The molecule has 2 aromatic carbocycles. The van der Waals surface area contributed by atoms with Gasteiger partial charge in [0.05, 0.1) is 26.2 Å². The molecule has 1 amide bonds. The van der Waals surface area contributed by atoms with Gasteiger partial charge in [-0.2, -0.15) is 8.42 Å². The number of methoxy groups -OCH3 is 1. The summed E-state index contributed by atoms with van der Waals surface area (Å²) in [5, 5.41) is 17.9. The van der Waals surface area contributed by atoms with Gasteiger partial charge >= 0.3 is 6.09 Å². The Kier molecular flexibility index (Phi) is 10.6. The number of aliphatic hydroxyl groups is 1. The molecule has 5 N–H and O–H groups in total. The van der Waals surface area contributed by atoms with Crippen LogP contribution in [0.3, 0.4) is 0 Å². The van der Waals surface area contributed by atoms with E-state index in [0.29, 0.717) is 37.3 Å². The summed E-state index contributed by atoms with van der Waals surface area (Å²) < 4.78 is 47.7. The van der Waals surface area contributed by atoms with Crippen LogP contribution < -0.4 is 21.1 Å². The van der Waals surface area contributed by atoms with Crippen LogP contribution >= 0.6 is 0 Å². The Balaban J connectivity index is 1.76. The van der Waals surface area contributed by atoms with Crippen LogP contribution in [0.2, 0.25) is 0 Å². The molecule has 0 spiro atoms. The van der Waals surface area contributed by atoms with Gasteiger partial charge in [0.1, 0.15) is 28.5 Å². The van der Waals surface area contributed by atoms with E-state index in [2.05, 4.69) is 10.6 Å². The lowest BCUT2D eigenvalue weighted by Gasteiger charge is -2.40.